The summed E-state index contributed by atoms with van der Waals surface area (Å²) in [6.07, 6.45) is -1.97. The predicted octanol–water partition coefficient (Wildman–Crippen LogP) is -1.39. The molecule has 1 aromatic heterocycles. The van der Waals surface area contributed by atoms with Crippen molar-refractivity contribution in [1.82, 2.24) is 15.3 Å². The number of hydrogen-bond acceptors (Lipinski definition) is 10. The number of nitrogens with one attached hydrogen (secondary N) is 4. The Balaban J connectivity index is 1.79. The van der Waals surface area contributed by atoms with E-state index in [2.05, 4.69) is 25.9 Å². The zero-order valence-electron chi connectivity index (χ0n) is 16.6. The molecule has 30 heavy (non-hydrogen) atoms. The molecule has 1 aliphatic rings. The highest BCUT2D eigenvalue weighted by molar-refractivity contribution is 5.83. The number of carboxylic acids is 1. The minimum Gasteiger partial charge on any atom is -0.480 e. The van der Waals surface area contributed by atoms with Crippen molar-refractivity contribution >= 4 is 35.3 Å². The van der Waals surface area contributed by atoms with Crippen LogP contribution in [-0.4, -0.2) is 68.9 Å². The molecular weight excluding hydrogens is 400 g/mol. The lowest BCUT2D eigenvalue weighted by Gasteiger charge is -2.32. The highest BCUT2D eigenvalue weighted by Gasteiger charge is 2.32. The first-order valence-electron chi connectivity index (χ1n) is 9.38. The topological polar surface area (TPSA) is 209 Å². The van der Waals surface area contributed by atoms with Crippen molar-refractivity contribution in [3.8, 4) is 0 Å². The number of aliphatic hydroxyl groups excluding tert-OH is 1. The third kappa shape index (κ3) is 6.07. The molecule has 0 aromatic carbocycles. The molecule has 0 aliphatic carbocycles. The number of carbonyl (C=O) groups is 3. The maximum absolute atomic E-state index is 12.0. The minimum atomic E-state index is -1.15. The Morgan fingerprint density at radius 2 is 2.03 bits per heavy atom. The van der Waals surface area contributed by atoms with Crippen LogP contribution in [0.5, 0.6) is 0 Å². The number of fused-ring (bicyclic) bond motifs is 1. The molecule has 2 heterocycles. The zero-order valence-corrected chi connectivity index (χ0v) is 16.6. The number of esters is 1. The van der Waals surface area contributed by atoms with Gasteiger partial charge in [0.1, 0.15) is 23.9 Å². The molecule has 1 aliphatic heterocycles. The normalized spacial score (nSPS) is 18.0. The largest absolute Gasteiger partial charge is 0.480 e. The Bertz CT molecular complexity index is 857. The van der Waals surface area contributed by atoms with E-state index in [4.69, 9.17) is 15.6 Å². The van der Waals surface area contributed by atoms with E-state index in [1.165, 1.54) is 13.8 Å². The van der Waals surface area contributed by atoms with Crippen LogP contribution in [0.4, 0.5) is 17.5 Å². The third-order valence-electron chi connectivity index (χ3n) is 4.50. The molecule has 1 aromatic rings. The van der Waals surface area contributed by atoms with Crippen LogP contribution in [0.2, 0.25) is 0 Å². The summed E-state index contributed by atoms with van der Waals surface area (Å²) < 4.78 is 5.20. The van der Waals surface area contributed by atoms with Gasteiger partial charge in [-0.3, -0.25) is 24.2 Å². The number of aliphatic hydroxyl groups is 1. The molecule has 1 amide bonds. The molecule has 0 unspecified atom stereocenters. The van der Waals surface area contributed by atoms with Crippen LogP contribution in [0.25, 0.3) is 0 Å². The van der Waals surface area contributed by atoms with Crippen molar-refractivity contribution in [2.75, 3.05) is 22.9 Å². The molecule has 0 saturated heterocycles. The first-order chi connectivity index (χ1) is 14.1. The third-order valence-corrected chi connectivity index (χ3v) is 4.50. The van der Waals surface area contributed by atoms with Gasteiger partial charge in [0, 0.05) is 19.4 Å². The molecular formula is C17H26N6O7. The lowest BCUT2D eigenvalue weighted by atomic mass is 10.0. The number of hydrogen-bond donors (Lipinski definition) is 7. The summed E-state index contributed by atoms with van der Waals surface area (Å²) in [7, 11) is 0. The van der Waals surface area contributed by atoms with Gasteiger partial charge in [-0.25, -0.2) is 0 Å². The van der Waals surface area contributed by atoms with Gasteiger partial charge in [0.15, 0.2) is 5.82 Å². The van der Waals surface area contributed by atoms with E-state index in [9.17, 15) is 24.3 Å². The number of nitrogen functional groups attached to an aromatic ring is 1. The number of amides is 1. The number of aliphatic carboxylic acids is 1. The van der Waals surface area contributed by atoms with E-state index < -0.39 is 47.7 Å². The number of nitrogens with two attached hydrogens (primary N) is 1. The molecule has 4 atom stereocenters. The van der Waals surface area contributed by atoms with Crippen LogP contribution >= 0.6 is 0 Å². The lowest BCUT2D eigenvalue weighted by molar-refractivity contribution is -0.154. The number of H-pyrrole nitrogens is 1. The maximum atomic E-state index is 12.0. The van der Waals surface area contributed by atoms with Crippen molar-refractivity contribution in [1.29, 1.82) is 0 Å². The Morgan fingerprint density at radius 1 is 1.33 bits per heavy atom. The summed E-state index contributed by atoms with van der Waals surface area (Å²) >= 11 is 0. The number of aromatic amines is 1. The van der Waals surface area contributed by atoms with Gasteiger partial charge in [-0.1, -0.05) is 0 Å². The Morgan fingerprint density at radius 3 is 2.70 bits per heavy atom. The van der Waals surface area contributed by atoms with Gasteiger partial charge in [0.25, 0.3) is 5.56 Å². The summed E-state index contributed by atoms with van der Waals surface area (Å²) in [5.74, 6) is -2.03. The molecule has 13 heteroatoms. The lowest BCUT2D eigenvalue weighted by Crippen LogP contribution is -2.49. The average Bonchev–Trinajstić information content (AvgIpc) is 2.66. The van der Waals surface area contributed by atoms with Gasteiger partial charge in [-0.15, -0.1) is 0 Å². The number of ether oxygens (including phenoxy) is 1. The minimum absolute atomic E-state index is 0.0343. The van der Waals surface area contributed by atoms with E-state index >= 15 is 0 Å². The summed E-state index contributed by atoms with van der Waals surface area (Å²) in [6.45, 7) is 3.06. The van der Waals surface area contributed by atoms with Crippen molar-refractivity contribution in [3.63, 3.8) is 0 Å². The van der Waals surface area contributed by atoms with E-state index in [0.29, 0.717) is 0 Å². The summed E-state index contributed by atoms with van der Waals surface area (Å²) in [6, 6.07) is -1.64. The average molecular weight is 426 g/mol. The van der Waals surface area contributed by atoms with E-state index in [0.717, 1.165) is 0 Å². The number of anilines is 3. The monoisotopic (exact) mass is 426 g/mol. The second-order valence-corrected chi connectivity index (χ2v) is 6.97. The molecule has 2 rings (SSSR count). The fraction of sp³-hybridized carbons (Fsp3) is 0.588. The SMILES string of the molecule is C[C@H](NC(=O)CCCC(=O)O[C@@H](C)[C@H](O)[C@H]1CNc2nc(N)[nH]c(=O)c2N1)C(=O)O. The second kappa shape index (κ2) is 9.91. The van der Waals surface area contributed by atoms with Gasteiger partial charge < -0.3 is 36.6 Å². The van der Waals surface area contributed by atoms with Crippen molar-refractivity contribution in [3.05, 3.63) is 10.4 Å². The smallest absolute Gasteiger partial charge is 0.325 e. The number of aromatic nitrogens is 2. The Kier molecular flexibility index (Phi) is 7.58. The van der Waals surface area contributed by atoms with Crippen LogP contribution in [0.1, 0.15) is 33.1 Å². The predicted molar refractivity (Wildman–Crippen MR) is 106 cm³/mol. The molecule has 0 saturated carbocycles. The molecule has 8 N–H and O–H groups in total. The van der Waals surface area contributed by atoms with Gasteiger partial charge in [-0.2, -0.15) is 4.98 Å². The fourth-order valence-corrected chi connectivity index (χ4v) is 2.83. The summed E-state index contributed by atoms with van der Waals surface area (Å²) in [5, 5.41) is 27.2. The molecule has 0 radical (unpaired) electrons. The quantitative estimate of drug-likeness (QED) is 0.229. The van der Waals surface area contributed by atoms with Crippen molar-refractivity contribution in [2.24, 2.45) is 0 Å². The number of rotatable bonds is 9. The van der Waals surface area contributed by atoms with Crippen molar-refractivity contribution in [2.45, 2.75) is 57.4 Å². The molecule has 0 spiro atoms. The summed E-state index contributed by atoms with van der Waals surface area (Å²) in [5.41, 5.74) is 5.11. The first kappa shape index (κ1) is 22.9. The maximum Gasteiger partial charge on any atom is 0.325 e. The zero-order chi connectivity index (χ0) is 22.4. The molecule has 166 valence electrons. The second-order valence-electron chi connectivity index (χ2n) is 6.97. The van der Waals surface area contributed by atoms with Gasteiger partial charge in [0.05, 0.1) is 6.04 Å². The fourth-order valence-electron chi connectivity index (χ4n) is 2.83. The summed E-state index contributed by atoms with van der Waals surface area (Å²) in [4.78, 5) is 52.5. The van der Waals surface area contributed by atoms with Gasteiger partial charge in [-0.05, 0) is 20.3 Å². The van der Waals surface area contributed by atoms with Crippen molar-refractivity contribution < 1.29 is 29.3 Å². The number of carboxylic acid groups (broad SMARTS) is 1. The van der Waals surface area contributed by atoms with Crippen LogP contribution in [0.15, 0.2) is 4.79 Å². The van der Waals surface area contributed by atoms with E-state index in [1.807, 2.05) is 0 Å². The Hall–Kier alpha value is -3.35. The van der Waals surface area contributed by atoms with Gasteiger partial charge in [0.2, 0.25) is 11.9 Å². The van der Waals surface area contributed by atoms with Crippen LogP contribution < -0.4 is 27.2 Å². The van der Waals surface area contributed by atoms with E-state index in [1.54, 1.807) is 0 Å². The highest BCUT2D eigenvalue weighted by Crippen LogP contribution is 2.22. The first-order valence-corrected chi connectivity index (χ1v) is 9.38. The standard InChI is InChI=1S/C17H26N6O7/c1-7(16(28)29)20-10(24)4-3-5-11(25)30-8(2)13(26)9-6-19-14-12(21-9)15(27)23-17(18)22-14/h7-9,13,21,26H,3-6H2,1-2H3,(H,20,24)(H,28,29)(H4,18,19,22,23,27)/t7-,8-,9+,13-/m0/s1. The number of nitrogens with zero attached hydrogens (tertiary/aromatic N) is 1. The van der Waals surface area contributed by atoms with E-state index in [-0.39, 0.29) is 43.3 Å². The highest BCUT2D eigenvalue weighted by atomic mass is 16.6. The van der Waals surface area contributed by atoms with Gasteiger partial charge >= 0.3 is 11.9 Å². The number of carbonyl (C=O) groups excluding carboxylic acids is 2. The molecule has 0 bridgehead atoms. The molecule has 13 nitrogen and oxygen atoms in total. The van der Waals surface area contributed by atoms with Crippen LogP contribution in [-0.2, 0) is 19.1 Å². The van der Waals surface area contributed by atoms with Crippen LogP contribution in [0, 0.1) is 0 Å². The van der Waals surface area contributed by atoms with Crippen LogP contribution in [0.3, 0.4) is 0 Å². The molecule has 0 fully saturated rings. The Labute approximate surface area is 171 Å².